The average Bonchev–Trinajstić information content (AvgIpc) is 3.11. The molecule has 0 aromatic heterocycles. The topological polar surface area (TPSA) is 27.7 Å². The van der Waals surface area contributed by atoms with Gasteiger partial charge >= 0.3 is 0 Å². The van der Waals surface area contributed by atoms with Crippen LogP contribution < -0.4 is 0 Å². The third-order valence-corrected chi connectivity index (χ3v) is 5.32. The van der Waals surface area contributed by atoms with Crippen LogP contribution in [0.2, 0.25) is 0 Å². The maximum absolute atomic E-state index is 5.82. The molecule has 2 saturated carbocycles. The summed E-state index contributed by atoms with van der Waals surface area (Å²) in [4.78, 5) is 0. The summed E-state index contributed by atoms with van der Waals surface area (Å²) < 4.78 is 16.5. The molecule has 3 heteroatoms. The van der Waals surface area contributed by atoms with Gasteiger partial charge in [0, 0.05) is 19.6 Å². The summed E-state index contributed by atoms with van der Waals surface area (Å²) in [6, 6.07) is 0. The van der Waals surface area contributed by atoms with Gasteiger partial charge in [0.25, 0.3) is 0 Å². The molecule has 3 nitrogen and oxygen atoms in total. The molecule has 19 heavy (non-hydrogen) atoms. The van der Waals surface area contributed by atoms with Crippen LogP contribution in [0, 0.1) is 17.3 Å². The van der Waals surface area contributed by atoms with Crippen LogP contribution in [0.4, 0.5) is 0 Å². The fourth-order valence-corrected chi connectivity index (χ4v) is 4.43. The Kier molecular flexibility index (Phi) is 6.11. The van der Waals surface area contributed by atoms with E-state index in [9.17, 15) is 0 Å². The summed E-state index contributed by atoms with van der Waals surface area (Å²) in [5.74, 6) is 1.57. The molecule has 0 heterocycles. The minimum atomic E-state index is 0.236. The lowest BCUT2D eigenvalue weighted by Gasteiger charge is -2.43. The van der Waals surface area contributed by atoms with Gasteiger partial charge in [0.1, 0.15) is 6.79 Å². The third-order valence-electron chi connectivity index (χ3n) is 5.32. The lowest BCUT2D eigenvalue weighted by molar-refractivity contribution is -0.120. The minimum Gasteiger partial charge on any atom is -0.384 e. The normalized spacial score (nSPS) is 22.4. The molecule has 0 unspecified atom stereocenters. The minimum absolute atomic E-state index is 0.236. The van der Waals surface area contributed by atoms with Gasteiger partial charge in [-0.05, 0) is 37.5 Å². The Hall–Kier alpha value is -0.120. The number of methoxy groups -OCH3 is 2. The van der Waals surface area contributed by atoms with Crippen molar-refractivity contribution in [1.29, 1.82) is 0 Å². The van der Waals surface area contributed by atoms with E-state index >= 15 is 0 Å². The van der Waals surface area contributed by atoms with Crippen LogP contribution in [0.1, 0.15) is 51.4 Å². The van der Waals surface area contributed by atoms with E-state index in [4.69, 9.17) is 14.2 Å². The molecule has 0 atom stereocenters. The van der Waals surface area contributed by atoms with Crippen molar-refractivity contribution >= 4 is 0 Å². The number of hydrogen-bond acceptors (Lipinski definition) is 3. The highest BCUT2D eigenvalue weighted by atomic mass is 16.7. The second-order valence-electron chi connectivity index (χ2n) is 6.38. The first kappa shape index (κ1) is 15.3. The van der Waals surface area contributed by atoms with Crippen molar-refractivity contribution in [3.63, 3.8) is 0 Å². The van der Waals surface area contributed by atoms with Crippen LogP contribution >= 0.6 is 0 Å². The van der Waals surface area contributed by atoms with Gasteiger partial charge in [-0.1, -0.05) is 25.7 Å². The molecule has 0 radical (unpaired) electrons. The first-order valence-electron chi connectivity index (χ1n) is 7.89. The van der Waals surface area contributed by atoms with E-state index in [0.29, 0.717) is 6.79 Å². The van der Waals surface area contributed by atoms with Crippen molar-refractivity contribution < 1.29 is 14.2 Å². The monoisotopic (exact) mass is 270 g/mol. The zero-order valence-electron chi connectivity index (χ0n) is 12.7. The Morgan fingerprint density at radius 3 is 1.74 bits per heavy atom. The van der Waals surface area contributed by atoms with Gasteiger partial charge in [0.05, 0.1) is 13.2 Å². The zero-order chi connectivity index (χ0) is 13.6. The van der Waals surface area contributed by atoms with Crippen LogP contribution in [-0.2, 0) is 14.2 Å². The number of rotatable bonds is 8. The van der Waals surface area contributed by atoms with Crippen molar-refractivity contribution in [1.82, 2.24) is 0 Å². The van der Waals surface area contributed by atoms with Crippen molar-refractivity contribution in [3.8, 4) is 0 Å². The second kappa shape index (κ2) is 7.61. The molecule has 112 valence electrons. The Balaban J connectivity index is 2.10. The van der Waals surface area contributed by atoms with Crippen LogP contribution in [-0.4, -0.2) is 34.2 Å². The molecule has 0 aliphatic heterocycles. The highest BCUT2D eigenvalue weighted by Crippen LogP contribution is 2.50. The van der Waals surface area contributed by atoms with Crippen molar-refractivity contribution in [2.45, 2.75) is 51.4 Å². The van der Waals surface area contributed by atoms with E-state index in [-0.39, 0.29) is 5.41 Å². The molecule has 2 aliphatic carbocycles. The largest absolute Gasteiger partial charge is 0.384 e. The molecule has 0 bridgehead atoms. The Bertz CT molecular complexity index is 226. The summed E-state index contributed by atoms with van der Waals surface area (Å²) in [5.41, 5.74) is 0.236. The predicted molar refractivity (Wildman–Crippen MR) is 76.1 cm³/mol. The van der Waals surface area contributed by atoms with Gasteiger partial charge < -0.3 is 14.2 Å². The van der Waals surface area contributed by atoms with Crippen molar-refractivity contribution in [2.24, 2.45) is 17.3 Å². The maximum atomic E-state index is 5.82. The first-order chi connectivity index (χ1) is 9.33. The molecule has 0 spiro atoms. The van der Waals surface area contributed by atoms with Gasteiger partial charge in [0.2, 0.25) is 0 Å². The molecule has 0 saturated heterocycles. The molecule has 0 aromatic carbocycles. The van der Waals surface area contributed by atoms with Gasteiger partial charge in [-0.25, -0.2) is 0 Å². The van der Waals surface area contributed by atoms with E-state index in [2.05, 4.69) is 0 Å². The molecule has 0 aromatic rings. The van der Waals surface area contributed by atoms with E-state index in [1.165, 1.54) is 51.4 Å². The summed E-state index contributed by atoms with van der Waals surface area (Å²) in [5, 5.41) is 0. The predicted octanol–water partition coefficient (Wildman–Crippen LogP) is 3.62. The summed E-state index contributed by atoms with van der Waals surface area (Å²) in [6.07, 6.45) is 11.0. The van der Waals surface area contributed by atoms with E-state index in [0.717, 1.165) is 25.0 Å². The molecule has 0 N–H and O–H groups in total. The lowest BCUT2D eigenvalue weighted by atomic mass is 9.66. The van der Waals surface area contributed by atoms with E-state index in [1.807, 2.05) is 7.11 Å². The Morgan fingerprint density at radius 2 is 1.32 bits per heavy atom. The SMILES string of the molecule is COCOCC(COC)(C1CCCC1)C1CCCC1. The molecular formula is C16H30O3. The zero-order valence-corrected chi connectivity index (χ0v) is 12.7. The van der Waals surface area contributed by atoms with Crippen LogP contribution in [0.3, 0.4) is 0 Å². The Labute approximate surface area is 118 Å². The summed E-state index contributed by atoms with van der Waals surface area (Å²) >= 11 is 0. The maximum Gasteiger partial charge on any atom is 0.146 e. The highest BCUT2D eigenvalue weighted by molar-refractivity contribution is 4.96. The average molecular weight is 270 g/mol. The molecule has 2 fully saturated rings. The van der Waals surface area contributed by atoms with Crippen LogP contribution in [0.25, 0.3) is 0 Å². The van der Waals surface area contributed by atoms with E-state index < -0.39 is 0 Å². The van der Waals surface area contributed by atoms with E-state index in [1.54, 1.807) is 7.11 Å². The third kappa shape index (κ3) is 3.50. The van der Waals surface area contributed by atoms with Crippen LogP contribution in [0.15, 0.2) is 0 Å². The lowest BCUT2D eigenvalue weighted by Crippen LogP contribution is -2.44. The van der Waals surface area contributed by atoms with Gasteiger partial charge in [0.15, 0.2) is 0 Å². The van der Waals surface area contributed by atoms with Crippen molar-refractivity contribution in [3.05, 3.63) is 0 Å². The van der Waals surface area contributed by atoms with Crippen LogP contribution in [0.5, 0.6) is 0 Å². The highest BCUT2D eigenvalue weighted by Gasteiger charge is 2.47. The number of ether oxygens (including phenoxy) is 3. The van der Waals surface area contributed by atoms with Crippen molar-refractivity contribution in [2.75, 3.05) is 34.2 Å². The summed E-state index contributed by atoms with van der Waals surface area (Å²) in [7, 11) is 3.54. The van der Waals surface area contributed by atoms with Gasteiger partial charge in [-0.2, -0.15) is 0 Å². The molecular weight excluding hydrogens is 240 g/mol. The Morgan fingerprint density at radius 1 is 0.789 bits per heavy atom. The number of hydrogen-bond donors (Lipinski definition) is 0. The standard InChI is InChI=1S/C16H30O3/c1-17-11-16(12-19-13-18-2,14-7-3-4-8-14)15-9-5-6-10-15/h14-15H,3-13H2,1-2H3. The molecule has 2 aliphatic rings. The fraction of sp³-hybridized carbons (Fsp3) is 1.00. The quantitative estimate of drug-likeness (QED) is 0.498. The molecule has 0 amide bonds. The van der Waals surface area contributed by atoms with Gasteiger partial charge in [-0.3, -0.25) is 0 Å². The smallest absolute Gasteiger partial charge is 0.146 e. The summed E-state index contributed by atoms with van der Waals surface area (Å²) in [6.45, 7) is 2.07. The second-order valence-corrected chi connectivity index (χ2v) is 6.38. The fourth-order valence-electron chi connectivity index (χ4n) is 4.43. The van der Waals surface area contributed by atoms with Gasteiger partial charge in [-0.15, -0.1) is 0 Å². The molecule has 2 rings (SSSR count). The first-order valence-corrected chi connectivity index (χ1v) is 7.89.